The molecular weight excluding hydrogens is 334 g/mol. The average Bonchev–Trinajstić information content (AvgIpc) is 2.39. The van der Waals surface area contributed by atoms with Crippen LogP contribution in [0, 0.1) is 6.92 Å². The Kier molecular flexibility index (Phi) is 5.52. The van der Waals surface area contributed by atoms with E-state index in [4.69, 9.17) is 0 Å². The monoisotopic (exact) mass is 351 g/mol. The Morgan fingerprint density at radius 3 is 2.37 bits per heavy atom. The number of hydrogen-bond donors (Lipinski definition) is 3. The summed E-state index contributed by atoms with van der Waals surface area (Å²) in [5, 5.41) is 18.6. The van der Waals surface area contributed by atoms with E-state index < -0.39 is 28.8 Å². The highest BCUT2D eigenvalue weighted by molar-refractivity contribution is 9.10. The average molecular weight is 352 g/mol. The van der Waals surface area contributed by atoms with Gasteiger partial charge in [-0.1, -0.05) is 28.9 Å². The maximum absolute atomic E-state index is 12.3. The summed E-state index contributed by atoms with van der Waals surface area (Å²) in [6.07, 6.45) is 0.284. The zero-order valence-electron chi connectivity index (χ0n) is 10.9. The molecule has 0 saturated carbocycles. The first-order valence-corrected chi connectivity index (χ1v) is 8.09. The van der Waals surface area contributed by atoms with E-state index in [0.717, 1.165) is 0 Å². The third-order valence-electron chi connectivity index (χ3n) is 3.07. The predicted octanol–water partition coefficient (Wildman–Crippen LogP) is 1.17. The molecule has 0 radical (unpaired) electrons. The summed E-state index contributed by atoms with van der Waals surface area (Å²) in [4.78, 5) is 0.126. The summed E-state index contributed by atoms with van der Waals surface area (Å²) in [6, 6.07) is 4.93. The lowest BCUT2D eigenvalue weighted by Gasteiger charge is -2.29. The van der Waals surface area contributed by atoms with Gasteiger partial charge in [-0.15, -0.1) is 0 Å². The van der Waals surface area contributed by atoms with Crippen molar-refractivity contribution in [1.82, 2.24) is 4.72 Å². The van der Waals surface area contributed by atoms with Crippen molar-refractivity contribution in [3.8, 4) is 0 Å². The summed E-state index contributed by atoms with van der Waals surface area (Å²) >= 11 is 3.23. The van der Waals surface area contributed by atoms with E-state index in [1.54, 1.807) is 26.0 Å². The molecule has 0 aromatic heterocycles. The van der Waals surface area contributed by atoms with Crippen LogP contribution in [0.25, 0.3) is 0 Å². The number of aliphatic hydroxyl groups excluding tert-OH is 2. The van der Waals surface area contributed by atoms with Crippen molar-refractivity contribution in [2.45, 2.75) is 30.7 Å². The Balaban J connectivity index is 3.21. The fraction of sp³-hybridized carbons (Fsp3) is 0.500. The number of halogens is 1. The number of aliphatic hydroxyl groups is 2. The Morgan fingerprint density at radius 2 is 1.89 bits per heavy atom. The lowest BCUT2D eigenvalue weighted by atomic mass is 10.0. The highest BCUT2D eigenvalue weighted by atomic mass is 79.9. The van der Waals surface area contributed by atoms with Crippen molar-refractivity contribution in [3.05, 3.63) is 28.2 Å². The zero-order chi connectivity index (χ0) is 14.7. The Hall–Kier alpha value is -0.470. The fourth-order valence-electron chi connectivity index (χ4n) is 1.61. The van der Waals surface area contributed by atoms with Crippen molar-refractivity contribution in [3.63, 3.8) is 0 Å². The molecule has 0 aliphatic heterocycles. The minimum absolute atomic E-state index is 0.126. The van der Waals surface area contributed by atoms with E-state index in [9.17, 15) is 18.6 Å². The molecule has 0 aliphatic rings. The van der Waals surface area contributed by atoms with Gasteiger partial charge in [0.1, 0.15) is 0 Å². The third kappa shape index (κ3) is 3.76. The summed E-state index contributed by atoms with van der Waals surface area (Å²) in [7, 11) is -3.81. The van der Waals surface area contributed by atoms with E-state index >= 15 is 0 Å². The summed E-state index contributed by atoms with van der Waals surface area (Å²) in [6.45, 7) is 2.45. The summed E-state index contributed by atoms with van der Waals surface area (Å²) in [5.74, 6) is 0. The molecule has 108 valence electrons. The molecule has 1 aromatic rings. The molecule has 0 spiro atoms. The molecule has 1 aromatic carbocycles. The van der Waals surface area contributed by atoms with Gasteiger partial charge in [0, 0.05) is 4.47 Å². The zero-order valence-corrected chi connectivity index (χ0v) is 13.3. The van der Waals surface area contributed by atoms with Gasteiger partial charge >= 0.3 is 0 Å². The molecular formula is C12H18BrNO4S. The predicted molar refractivity (Wildman–Crippen MR) is 76.4 cm³/mol. The third-order valence-corrected chi connectivity index (χ3v) is 5.29. The molecule has 19 heavy (non-hydrogen) atoms. The van der Waals surface area contributed by atoms with Crippen LogP contribution in [0.3, 0.4) is 0 Å². The molecule has 0 saturated heterocycles. The van der Waals surface area contributed by atoms with E-state index in [2.05, 4.69) is 20.7 Å². The molecule has 3 N–H and O–H groups in total. The highest BCUT2D eigenvalue weighted by Crippen LogP contribution is 2.22. The lowest BCUT2D eigenvalue weighted by molar-refractivity contribution is 0.105. The Bertz CT molecular complexity index is 532. The van der Waals surface area contributed by atoms with Crippen molar-refractivity contribution in [2.75, 3.05) is 13.2 Å². The van der Waals surface area contributed by atoms with Gasteiger partial charge in [-0.2, -0.15) is 0 Å². The quantitative estimate of drug-likeness (QED) is 0.717. The van der Waals surface area contributed by atoms with Crippen LogP contribution in [0.15, 0.2) is 27.6 Å². The van der Waals surface area contributed by atoms with Gasteiger partial charge in [-0.3, -0.25) is 0 Å². The molecule has 0 bridgehead atoms. The van der Waals surface area contributed by atoms with Crippen LogP contribution >= 0.6 is 15.9 Å². The molecule has 1 rings (SSSR count). The smallest absolute Gasteiger partial charge is 0.241 e. The molecule has 0 aliphatic carbocycles. The Labute approximate surface area is 121 Å². The molecule has 0 unspecified atom stereocenters. The molecule has 0 atom stereocenters. The van der Waals surface area contributed by atoms with Gasteiger partial charge in [0.15, 0.2) is 0 Å². The van der Waals surface area contributed by atoms with Crippen LogP contribution < -0.4 is 4.72 Å². The van der Waals surface area contributed by atoms with Crippen molar-refractivity contribution < 1.29 is 18.6 Å². The normalized spacial score (nSPS) is 12.7. The molecule has 0 heterocycles. The van der Waals surface area contributed by atoms with Crippen LogP contribution in [0.2, 0.25) is 0 Å². The topological polar surface area (TPSA) is 86.6 Å². The van der Waals surface area contributed by atoms with E-state index in [1.165, 1.54) is 6.07 Å². The molecule has 0 fully saturated rings. The van der Waals surface area contributed by atoms with Gasteiger partial charge < -0.3 is 10.2 Å². The molecule has 7 heteroatoms. The van der Waals surface area contributed by atoms with Crippen LogP contribution in [0.1, 0.15) is 18.9 Å². The number of sulfonamides is 1. The second-order valence-corrected chi connectivity index (χ2v) is 7.03. The standard InChI is InChI=1S/C12H18BrNO4S/c1-3-12(7-15,8-16)14-19(17,18)11-6-10(13)5-4-9(11)2/h4-6,14-16H,3,7-8H2,1-2H3. The summed E-state index contributed by atoms with van der Waals surface area (Å²) < 4.78 is 27.7. The van der Waals surface area contributed by atoms with Crippen LogP contribution in [0.5, 0.6) is 0 Å². The summed E-state index contributed by atoms with van der Waals surface area (Å²) in [5.41, 5.74) is -0.648. The fourth-order valence-corrected chi connectivity index (χ4v) is 3.85. The van der Waals surface area contributed by atoms with E-state index in [0.29, 0.717) is 10.0 Å². The van der Waals surface area contributed by atoms with Gasteiger partial charge in [-0.25, -0.2) is 13.1 Å². The minimum Gasteiger partial charge on any atom is -0.394 e. The lowest BCUT2D eigenvalue weighted by Crippen LogP contribution is -2.53. The second-order valence-electron chi connectivity index (χ2n) is 4.47. The highest BCUT2D eigenvalue weighted by Gasteiger charge is 2.33. The van der Waals surface area contributed by atoms with E-state index in [-0.39, 0.29) is 11.3 Å². The van der Waals surface area contributed by atoms with Gasteiger partial charge in [0.2, 0.25) is 10.0 Å². The van der Waals surface area contributed by atoms with Crippen molar-refractivity contribution in [1.29, 1.82) is 0 Å². The maximum atomic E-state index is 12.3. The number of aryl methyl sites for hydroxylation is 1. The Morgan fingerprint density at radius 1 is 1.32 bits per heavy atom. The number of hydrogen-bond acceptors (Lipinski definition) is 4. The van der Waals surface area contributed by atoms with Crippen molar-refractivity contribution >= 4 is 26.0 Å². The SMILES string of the molecule is CCC(CO)(CO)NS(=O)(=O)c1cc(Br)ccc1C. The maximum Gasteiger partial charge on any atom is 0.241 e. The van der Waals surface area contributed by atoms with Crippen LogP contribution in [-0.4, -0.2) is 37.4 Å². The van der Waals surface area contributed by atoms with Crippen LogP contribution in [-0.2, 0) is 10.0 Å². The first-order chi connectivity index (χ1) is 8.80. The van der Waals surface area contributed by atoms with Crippen molar-refractivity contribution in [2.24, 2.45) is 0 Å². The largest absolute Gasteiger partial charge is 0.394 e. The molecule has 0 amide bonds. The number of benzene rings is 1. The van der Waals surface area contributed by atoms with E-state index in [1.807, 2.05) is 0 Å². The molecule has 5 nitrogen and oxygen atoms in total. The van der Waals surface area contributed by atoms with Crippen LogP contribution in [0.4, 0.5) is 0 Å². The van der Waals surface area contributed by atoms with Gasteiger partial charge in [-0.05, 0) is 31.0 Å². The van der Waals surface area contributed by atoms with Gasteiger partial charge in [0.25, 0.3) is 0 Å². The second kappa shape index (κ2) is 6.32. The van der Waals surface area contributed by atoms with Gasteiger partial charge in [0.05, 0.1) is 23.6 Å². The number of rotatable bonds is 6. The first-order valence-electron chi connectivity index (χ1n) is 5.82. The first kappa shape index (κ1) is 16.6. The number of nitrogens with one attached hydrogen (secondary N) is 1. The minimum atomic E-state index is -3.81.